The molecule has 19 heavy (non-hydrogen) atoms. The van der Waals surface area contributed by atoms with Crippen LogP contribution in [-0.2, 0) is 0 Å². The predicted octanol–water partition coefficient (Wildman–Crippen LogP) is 3.78. The second-order valence-corrected chi connectivity index (χ2v) is 4.45. The number of benzene rings is 2. The number of Topliss-reactive ketones (excluding diaryl/α,β-unsaturated/α-hetero) is 1. The molecule has 0 spiro atoms. The molecule has 0 aliphatic carbocycles. The van der Waals surface area contributed by atoms with Gasteiger partial charge in [-0.15, -0.1) is 0 Å². The summed E-state index contributed by atoms with van der Waals surface area (Å²) in [5.41, 5.74) is 1.68. The first kappa shape index (κ1) is 13.3. The Balaban J connectivity index is 2.09. The van der Waals surface area contributed by atoms with Gasteiger partial charge in [0, 0.05) is 11.6 Å². The maximum Gasteiger partial charge on any atom is 0.202 e. The van der Waals surface area contributed by atoms with Crippen molar-refractivity contribution in [3.05, 3.63) is 65.5 Å². The Bertz CT molecular complexity index is 576. The van der Waals surface area contributed by atoms with Crippen LogP contribution >= 0.6 is 0 Å². The molecule has 2 aromatic rings. The Morgan fingerprint density at radius 1 is 1.16 bits per heavy atom. The van der Waals surface area contributed by atoms with Crippen molar-refractivity contribution in [2.45, 2.75) is 20.0 Å². The number of hydrogen-bond donors (Lipinski definition) is 0. The molecular weight excluding hydrogens is 243 g/mol. The molecule has 2 nitrogen and oxygen atoms in total. The van der Waals surface area contributed by atoms with E-state index < -0.39 is 6.10 Å². The lowest BCUT2D eigenvalue weighted by atomic mass is 10.1. The van der Waals surface area contributed by atoms with Gasteiger partial charge in [0.2, 0.25) is 5.78 Å². The highest BCUT2D eigenvalue weighted by Gasteiger charge is 2.16. The molecule has 0 bridgehead atoms. The summed E-state index contributed by atoms with van der Waals surface area (Å²) >= 11 is 0. The average Bonchev–Trinajstić information content (AvgIpc) is 2.39. The van der Waals surface area contributed by atoms with E-state index in [1.54, 1.807) is 31.2 Å². The minimum absolute atomic E-state index is 0.121. The van der Waals surface area contributed by atoms with Gasteiger partial charge in [0.1, 0.15) is 11.6 Å². The Morgan fingerprint density at radius 3 is 2.47 bits per heavy atom. The third kappa shape index (κ3) is 3.41. The lowest BCUT2D eigenvalue weighted by Gasteiger charge is -2.13. The molecule has 0 fully saturated rings. The molecule has 1 atom stereocenters. The number of hydrogen-bond acceptors (Lipinski definition) is 2. The maximum atomic E-state index is 13.0. The van der Waals surface area contributed by atoms with E-state index in [0.29, 0.717) is 11.3 Å². The average molecular weight is 258 g/mol. The number of ketones is 1. The van der Waals surface area contributed by atoms with Gasteiger partial charge in [0.05, 0.1) is 0 Å². The number of halogens is 1. The van der Waals surface area contributed by atoms with E-state index in [-0.39, 0.29) is 11.6 Å². The summed E-state index contributed by atoms with van der Waals surface area (Å²) < 4.78 is 18.5. The minimum Gasteiger partial charge on any atom is -0.482 e. The van der Waals surface area contributed by atoms with E-state index in [2.05, 4.69) is 0 Å². The van der Waals surface area contributed by atoms with E-state index in [1.807, 2.05) is 19.1 Å². The number of carbonyl (C=O) groups is 1. The van der Waals surface area contributed by atoms with E-state index in [1.165, 1.54) is 12.1 Å². The molecule has 0 saturated carbocycles. The molecule has 1 unspecified atom stereocenters. The van der Waals surface area contributed by atoms with Crippen molar-refractivity contribution in [2.24, 2.45) is 0 Å². The van der Waals surface area contributed by atoms with E-state index in [0.717, 1.165) is 5.56 Å². The SMILES string of the molecule is Cc1ccc(C(=O)C(C)Oc2cccc(F)c2)cc1. The van der Waals surface area contributed by atoms with Crippen LogP contribution in [0.4, 0.5) is 4.39 Å². The first-order chi connectivity index (χ1) is 9.06. The summed E-state index contributed by atoms with van der Waals surface area (Å²) in [6.07, 6.45) is -0.649. The van der Waals surface area contributed by atoms with Gasteiger partial charge in [0.25, 0.3) is 0 Å². The second-order valence-electron chi connectivity index (χ2n) is 4.45. The topological polar surface area (TPSA) is 26.3 Å². The highest BCUT2D eigenvalue weighted by Crippen LogP contribution is 2.16. The molecule has 0 N–H and O–H groups in total. The molecule has 2 aromatic carbocycles. The lowest BCUT2D eigenvalue weighted by molar-refractivity contribution is 0.0817. The molecule has 0 aliphatic heterocycles. The van der Waals surface area contributed by atoms with Crippen molar-refractivity contribution in [1.29, 1.82) is 0 Å². The molecular formula is C16H15FO2. The van der Waals surface area contributed by atoms with Gasteiger partial charge in [-0.2, -0.15) is 0 Å². The van der Waals surface area contributed by atoms with Crippen LogP contribution in [-0.4, -0.2) is 11.9 Å². The molecule has 0 saturated heterocycles. The molecule has 0 aromatic heterocycles. The van der Waals surface area contributed by atoms with Crippen molar-refractivity contribution in [3.8, 4) is 5.75 Å². The Hall–Kier alpha value is -2.16. The monoisotopic (exact) mass is 258 g/mol. The fourth-order valence-corrected chi connectivity index (χ4v) is 1.75. The van der Waals surface area contributed by atoms with Gasteiger partial charge in [-0.25, -0.2) is 4.39 Å². The first-order valence-corrected chi connectivity index (χ1v) is 6.09. The van der Waals surface area contributed by atoms with E-state index >= 15 is 0 Å². The quantitative estimate of drug-likeness (QED) is 0.780. The Labute approximate surface area is 111 Å². The summed E-state index contributed by atoms with van der Waals surface area (Å²) in [6.45, 7) is 3.62. The highest BCUT2D eigenvalue weighted by molar-refractivity contribution is 5.99. The zero-order valence-corrected chi connectivity index (χ0v) is 10.9. The zero-order valence-electron chi connectivity index (χ0n) is 10.9. The van der Waals surface area contributed by atoms with Crippen LogP contribution in [0.1, 0.15) is 22.8 Å². The predicted molar refractivity (Wildman–Crippen MR) is 72.0 cm³/mol. The lowest BCUT2D eigenvalue weighted by Crippen LogP contribution is -2.23. The van der Waals surface area contributed by atoms with Crippen LogP contribution in [0.5, 0.6) is 5.75 Å². The molecule has 3 heteroatoms. The fourth-order valence-electron chi connectivity index (χ4n) is 1.75. The van der Waals surface area contributed by atoms with Gasteiger partial charge in [0.15, 0.2) is 6.10 Å². The Morgan fingerprint density at radius 2 is 1.84 bits per heavy atom. The van der Waals surface area contributed by atoms with Crippen molar-refractivity contribution < 1.29 is 13.9 Å². The van der Waals surface area contributed by atoms with Gasteiger partial charge in [-0.3, -0.25) is 4.79 Å². The maximum absolute atomic E-state index is 13.0. The molecule has 0 heterocycles. The van der Waals surface area contributed by atoms with E-state index in [4.69, 9.17) is 4.74 Å². The smallest absolute Gasteiger partial charge is 0.202 e. The van der Waals surface area contributed by atoms with Crippen molar-refractivity contribution in [2.75, 3.05) is 0 Å². The fraction of sp³-hybridized carbons (Fsp3) is 0.188. The molecule has 0 amide bonds. The third-order valence-corrected chi connectivity index (χ3v) is 2.81. The normalized spacial score (nSPS) is 11.9. The summed E-state index contributed by atoms with van der Waals surface area (Å²) in [4.78, 5) is 12.1. The van der Waals surface area contributed by atoms with Crippen LogP contribution in [0.2, 0.25) is 0 Å². The zero-order chi connectivity index (χ0) is 13.8. The van der Waals surface area contributed by atoms with Crippen molar-refractivity contribution in [1.82, 2.24) is 0 Å². The number of carbonyl (C=O) groups excluding carboxylic acids is 1. The molecule has 0 aliphatic rings. The number of ether oxygens (including phenoxy) is 1. The van der Waals surface area contributed by atoms with Crippen LogP contribution in [0.25, 0.3) is 0 Å². The Kier molecular flexibility index (Phi) is 3.95. The van der Waals surface area contributed by atoms with Crippen LogP contribution in [0, 0.1) is 12.7 Å². The second kappa shape index (κ2) is 5.65. The molecule has 2 rings (SSSR count). The van der Waals surface area contributed by atoms with E-state index in [9.17, 15) is 9.18 Å². The molecule has 0 radical (unpaired) electrons. The van der Waals surface area contributed by atoms with Crippen LogP contribution < -0.4 is 4.74 Å². The minimum atomic E-state index is -0.649. The van der Waals surface area contributed by atoms with Gasteiger partial charge in [-0.05, 0) is 26.0 Å². The van der Waals surface area contributed by atoms with Crippen molar-refractivity contribution >= 4 is 5.78 Å². The van der Waals surface area contributed by atoms with Gasteiger partial charge < -0.3 is 4.74 Å². The number of aryl methyl sites for hydroxylation is 1. The molecule has 98 valence electrons. The van der Waals surface area contributed by atoms with Gasteiger partial charge in [-0.1, -0.05) is 35.9 Å². The van der Waals surface area contributed by atoms with Crippen molar-refractivity contribution in [3.63, 3.8) is 0 Å². The van der Waals surface area contributed by atoms with Crippen LogP contribution in [0.15, 0.2) is 48.5 Å². The highest BCUT2D eigenvalue weighted by atomic mass is 19.1. The summed E-state index contributed by atoms with van der Waals surface area (Å²) in [5.74, 6) is -0.148. The first-order valence-electron chi connectivity index (χ1n) is 6.09. The van der Waals surface area contributed by atoms with Gasteiger partial charge >= 0.3 is 0 Å². The number of rotatable bonds is 4. The largest absolute Gasteiger partial charge is 0.482 e. The van der Waals surface area contributed by atoms with Crippen LogP contribution in [0.3, 0.4) is 0 Å². The standard InChI is InChI=1S/C16H15FO2/c1-11-6-8-13(9-7-11)16(18)12(2)19-15-5-3-4-14(17)10-15/h3-10,12H,1-2H3. The summed E-state index contributed by atoms with van der Waals surface area (Å²) in [6, 6.07) is 13.1. The summed E-state index contributed by atoms with van der Waals surface area (Å²) in [7, 11) is 0. The summed E-state index contributed by atoms with van der Waals surface area (Å²) in [5, 5.41) is 0. The third-order valence-electron chi connectivity index (χ3n) is 2.81.